The van der Waals surface area contributed by atoms with Crippen LogP contribution in [0.3, 0.4) is 0 Å². The summed E-state index contributed by atoms with van der Waals surface area (Å²) in [5, 5.41) is 11.0. The third kappa shape index (κ3) is 5.76. The molecule has 0 aliphatic rings. The summed E-state index contributed by atoms with van der Waals surface area (Å²) >= 11 is 1.11. The van der Waals surface area contributed by atoms with Crippen LogP contribution >= 0.6 is 11.8 Å². The molecule has 1 heterocycles. The molecule has 3 rings (SSSR count). The highest BCUT2D eigenvalue weighted by Gasteiger charge is 2.14. The van der Waals surface area contributed by atoms with E-state index in [1.54, 1.807) is 63.6 Å². The van der Waals surface area contributed by atoms with Crippen LogP contribution in [0.2, 0.25) is 0 Å². The average molecular weight is 443 g/mol. The zero-order chi connectivity index (χ0) is 22.2. The number of nitrogens with zero attached hydrogens (tertiary/aromatic N) is 2. The number of ether oxygens (including phenoxy) is 3. The molecule has 3 aromatic rings. The van der Waals surface area contributed by atoms with Crippen LogP contribution in [0.15, 0.2) is 52.1 Å². The summed E-state index contributed by atoms with van der Waals surface area (Å²) in [6.07, 6.45) is 0. The van der Waals surface area contributed by atoms with Gasteiger partial charge in [0.2, 0.25) is 11.8 Å². The maximum absolute atomic E-state index is 12.2. The van der Waals surface area contributed by atoms with Gasteiger partial charge in [-0.25, -0.2) is 4.79 Å². The molecule has 9 nitrogen and oxygen atoms in total. The van der Waals surface area contributed by atoms with Crippen molar-refractivity contribution in [1.29, 1.82) is 0 Å². The van der Waals surface area contributed by atoms with Crippen molar-refractivity contribution in [3.8, 4) is 23.0 Å². The van der Waals surface area contributed by atoms with Crippen molar-refractivity contribution < 1.29 is 28.2 Å². The molecule has 0 radical (unpaired) electrons. The molecule has 0 spiro atoms. The van der Waals surface area contributed by atoms with Gasteiger partial charge in [-0.1, -0.05) is 11.8 Å². The van der Waals surface area contributed by atoms with Gasteiger partial charge in [0, 0.05) is 11.3 Å². The van der Waals surface area contributed by atoms with Crippen molar-refractivity contribution in [2.24, 2.45) is 0 Å². The van der Waals surface area contributed by atoms with Crippen molar-refractivity contribution in [3.63, 3.8) is 0 Å². The molecule has 0 saturated heterocycles. The molecular weight excluding hydrogens is 422 g/mol. The van der Waals surface area contributed by atoms with Crippen LogP contribution in [0, 0.1) is 0 Å². The van der Waals surface area contributed by atoms with Gasteiger partial charge in [0.05, 0.1) is 32.1 Å². The van der Waals surface area contributed by atoms with Crippen molar-refractivity contribution in [2.75, 3.05) is 31.9 Å². The first kappa shape index (κ1) is 22.2. The van der Waals surface area contributed by atoms with Gasteiger partial charge in [-0.2, -0.15) is 0 Å². The van der Waals surface area contributed by atoms with E-state index in [4.69, 9.17) is 18.6 Å². The Bertz CT molecular complexity index is 1050. The molecule has 0 aliphatic carbocycles. The lowest BCUT2D eigenvalue weighted by atomic mass is 10.2. The topological polar surface area (TPSA) is 113 Å². The molecule has 0 fully saturated rings. The zero-order valence-corrected chi connectivity index (χ0v) is 18.0. The number of benzene rings is 2. The first-order valence-corrected chi connectivity index (χ1v) is 10.3. The van der Waals surface area contributed by atoms with Gasteiger partial charge in [-0.15, -0.1) is 10.2 Å². The Hall–Kier alpha value is -3.53. The average Bonchev–Trinajstić information content (AvgIpc) is 3.27. The van der Waals surface area contributed by atoms with Crippen molar-refractivity contribution in [2.45, 2.75) is 12.1 Å². The molecule has 10 heteroatoms. The van der Waals surface area contributed by atoms with E-state index in [9.17, 15) is 9.59 Å². The zero-order valence-electron chi connectivity index (χ0n) is 17.2. The third-order valence-electron chi connectivity index (χ3n) is 4.04. The summed E-state index contributed by atoms with van der Waals surface area (Å²) in [6, 6.07) is 11.7. The first-order chi connectivity index (χ1) is 15.0. The number of nitrogens with one attached hydrogen (secondary N) is 1. The van der Waals surface area contributed by atoms with E-state index in [2.05, 4.69) is 15.5 Å². The summed E-state index contributed by atoms with van der Waals surface area (Å²) in [6.45, 7) is 2.04. The smallest absolute Gasteiger partial charge is 0.338 e. The fourth-order valence-electron chi connectivity index (χ4n) is 2.58. The Balaban J connectivity index is 1.56. The molecule has 0 aliphatic heterocycles. The van der Waals surface area contributed by atoms with Gasteiger partial charge < -0.3 is 23.9 Å². The summed E-state index contributed by atoms with van der Waals surface area (Å²) < 4.78 is 21.0. The van der Waals surface area contributed by atoms with Gasteiger partial charge in [0.15, 0.2) is 11.5 Å². The number of carbonyl (C=O) groups excluding carboxylic acids is 2. The fraction of sp³-hybridized carbons (Fsp3) is 0.238. The molecule has 1 N–H and O–H groups in total. The number of hydrogen-bond donors (Lipinski definition) is 1. The molecule has 0 unspecified atom stereocenters. The predicted octanol–water partition coefficient (Wildman–Crippen LogP) is 3.66. The molecule has 0 saturated carbocycles. The largest absolute Gasteiger partial charge is 0.493 e. The lowest BCUT2D eigenvalue weighted by Crippen LogP contribution is -2.14. The van der Waals surface area contributed by atoms with E-state index in [1.807, 2.05) is 0 Å². The quantitative estimate of drug-likeness (QED) is 0.391. The molecule has 162 valence electrons. The third-order valence-corrected chi connectivity index (χ3v) is 4.86. The SMILES string of the molecule is CCOC(=O)c1ccc(NC(=O)CSc2nnc(-c3ccc(OC)c(OC)c3)o2)cc1. The summed E-state index contributed by atoms with van der Waals surface area (Å²) in [5.41, 5.74) is 1.65. The Morgan fingerprint density at radius 3 is 2.45 bits per heavy atom. The fourth-order valence-corrected chi connectivity index (χ4v) is 3.15. The van der Waals surface area contributed by atoms with Crippen molar-refractivity contribution in [1.82, 2.24) is 10.2 Å². The Morgan fingerprint density at radius 2 is 1.77 bits per heavy atom. The van der Waals surface area contributed by atoms with E-state index in [0.717, 1.165) is 11.8 Å². The highest BCUT2D eigenvalue weighted by Crippen LogP contribution is 2.32. The minimum atomic E-state index is -0.405. The first-order valence-electron chi connectivity index (χ1n) is 9.29. The summed E-state index contributed by atoms with van der Waals surface area (Å²) in [7, 11) is 3.10. The molecule has 1 amide bonds. The number of amides is 1. The minimum Gasteiger partial charge on any atom is -0.493 e. The van der Waals surface area contributed by atoms with Gasteiger partial charge in [0.1, 0.15) is 0 Å². The van der Waals surface area contributed by atoms with Gasteiger partial charge in [0.25, 0.3) is 5.22 Å². The normalized spacial score (nSPS) is 10.4. The highest BCUT2D eigenvalue weighted by atomic mass is 32.2. The number of hydrogen-bond acceptors (Lipinski definition) is 9. The lowest BCUT2D eigenvalue weighted by molar-refractivity contribution is -0.113. The van der Waals surface area contributed by atoms with E-state index in [-0.39, 0.29) is 16.9 Å². The standard InChI is InChI=1S/C21H21N3O6S/c1-4-29-20(26)13-5-8-15(9-6-13)22-18(25)12-31-21-24-23-19(30-21)14-7-10-16(27-2)17(11-14)28-3/h5-11H,4,12H2,1-3H3,(H,22,25). The van der Waals surface area contributed by atoms with Crippen LogP contribution in [-0.4, -0.2) is 48.7 Å². The van der Waals surface area contributed by atoms with E-state index in [1.165, 1.54) is 0 Å². The Morgan fingerprint density at radius 1 is 1.03 bits per heavy atom. The van der Waals surface area contributed by atoms with Crippen LogP contribution < -0.4 is 14.8 Å². The molecule has 0 atom stereocenters. The number of thioether (sulfide) groups is 1. The van der Waals surface area contributed by atoms with Gasteiger partial charge >= 0.3 is 5.97 Å². The molecule has 0 bridgehead atoms. The van der Waals surface area contributed by atoms with Crippen molar-refractivity contribution in [3.05, 3.63) is 48.0 Å². The van der Waals surface area contributed by atoms with Gasteiger partial charge in [-0.05, 0) is 49.4 Å². The highest BCUT2D eigenvalue weighted by molar-refractivity contribution is 7.99. The van der Waals surface area contributed by atoms with E-state index in [0.29, 0.717) is 40.8 Å². The molecule has 31 heavy (non-hydrogen) atoms. The monoisotopic (exact) mass is 443 g/mol. The van der Waals surface area contributed by atoms with E-state index < -0.39 is 5.97 Å². The van der Waals surface area contributed by atoms with Crippen LogP contribution in [0.4, 0.5) is 5.69 Å². The van der Waals surface area contributed by atoms with E-state index >= 15 is 0 Å². The number of rotatable bonds is 9. The number of methoxy groups -OCH3 is 2. The number of carbonyl (C=O) groups is 2. The Labute approximate surface area is 183 Å². The maximum Gasteiger partial charge on any atom is 0.338 e. The molecular formula is C21H21N3O6S. The van der Waals surface area contributed by atoms with Crippen LogP contribution in [0.5, 0.6) is 11.5 Å². The van der Waals surface area contributed by atoms with Crippen LogP contribution in [0.25, 0.3) is 11.5 Å². The minimum absolute atomic E-state index is 0.0766. The second kappa shape index (κ2) is 10.5. The van der Waals surface area contributed by atoms with Gasteiger partial charge in [-0.3, -0.25) is 4.79 Å². The van der Waals surface area contributed by atoms with Crippen molar-refractivity contribution >= 4 is 29.3 Å². The molecule has 2 aromatic carbocycles. The molecule has 1 aromatic heterocycles. The Kier molecular flexibility index (Phi) is 7.50. The second-order valence-corrected chi connectivity index (χ2v) is 7.00. The van der Waals surface area contributed by atoms with Crippen LogP contribution in [0.1, 0.15) is 17.3 Å². The number of anilines is 1. The summed E-state index contributed by atoms with van der Waals surface area (Å²) in [4.78, 5) is 23.9. The maximum atomic E-state index is 12.2. The number of esters is 1. The summed E-state index contributed by atoms with van der Waals surface area (Å²) in [5.74, 6) is 0.858. The number of aromatic nitrogens is 2. The lowest BCUT2D eigenvalue weighted by Gasteiger charge is -2.07. The van der Waals surface area contributed by atoms with Crippen LogP contribution in [-0.2, 0) is 9.53 Å². The predicted molar refractivity (Wildman–Crippen MR) is 115 cm³/mol. The second-order valence-electron chi connectivity index (χ2n) is 6.08.